The van der Waals surface area contributed by atoms with Crippen LogP contribution in [0.15, 0.2) is 36.5 Å². The van der Waals surface area contributed by atoms with E-state index in [0.29, 0.717) is 16.9 Å². The predicted octanol–water partition coefficient (Wildman–Crippen LogP) is 1.31. The van der Waals surface area contributed by atoms with Crippen LogP contribution >= 0.6 is 12.2 Å². The van der Waals surface area contributed by atoms with Crippen LogP contribution in [0.2, 0.25) is 0 Å². The van der Waals surface area contributed by atoms with E-state index >= 15 is 0 Å². The monoisotopic (exact) mass is 260 g/mol. The molecule has 0 radical (unpaired) electrons. The minimum absolute atomic E-state index is 0.246. The van der Waals surface area contributed by atoms with Gasteiger partial charge in [-0.25, -0.2) is 0 Å². The van der Waals surface area contributed by atoms with Crippen molar-refractivity contribution in [1.29, 1.82) is 0 Å². The number of hydrogen-bond acceptors (Lipinski definition) is 3. The molecule has 0 unspecified atom stereocenters. The van der Waals surface area contributed by atoms with Crippen LogP contribution in [0, 0.1) is 0 Å². The van der Waals surface area contributed by atoms with Gasteiger partial charge >= 0.3 is 0 Å². The van der Waals surface area contributed by atoms with Crippen LogP contribution in [0.1, 0.15) is 16.1 Å². The summed E-state index contributed by atoms with van der Waals surface area (Å²) < 4.78 is 1.50. The van der Waals surface area contributed by atoms with Crippen LogP contribution in [-0.4, -0.2) is 20.7 Å². The van der Waals surface area contributed by atoms with Gasteiger partial charge in [-0.1, -0.05) is 24.4 Å². The van der Waals surface area contributed by atoms with Crippen molar-refractivity contribution in [2.45, 2.75) is 0 Å². The van der Waals surface area contributed by atoms with Crippen molar-refractivity contribution in [2.24, 2.45) is 12.8 Å². The number of aromatic nitrogens is 2. The highest BCUT2D eigenvalue weighted by atomic mass is 32.1. The van der Waals surface area contributed by atoms with E-state index < -0.39 is 0 Å². The van der Waals surface area contributed by atoms with Gasteiger partial charge < -0.3 is 11.1 Å². The molecular formula is C12H12N4OS. The number of carbonyl (C=O) groups is 1. The number of rotatable bonds is 3. The summed E-state index contributed by atoms with van der Waals surface area (Å²) in [6, 6.07) is 8.78. The number of hydrogen-bond donors (Lipinski definition) is 2. The molecule has 0 aliphatic heterocycles. The average molecular weight is 260 g/mol. The summed E-state index contributed by atoms with van der Waals surface area (Å²) in [6.07, 6.45) is 1.56. The summed E-state index contributed by atoms with van der Waals surface area (Å²) in [7, 11) is 1.70. The van der Waals surface area contributed by atoms with E-state index in [1.54, 1.807) is 37.5 Å². The number of nitrogens with one attached hydrogen (secondary N) is 1. The SMILES string of the molecule is Cn1nccc1C(=O)Nc1ccccc1C(N)=S. The van der Waals surface area contributed by atoms with Crippen LogP contribution < -0.4 is 11.1 Å². The fourth-order valence-electron chi connectivity index (χ4n) is 1.59. The van der Waals surface area contributed by atoms with Gasteiger partial charge in [0.15, 0.2) is 0 Å². The van der Waals surface area contributed by atoms with Crippen molar-refractivity contribution in [3.8, 4) is 0 Å². The Labute approximate surface area is 110 Å². The molecule has 18 heavy (non-hydrogen) atoms. The smallest absolute Gasteiger partial charge is 0.273 e. The van der Waals surface area contributed by atoms with Crippen molar-refractivity contribution in [3.63, 3.8) is 0 Å². The highest BCUT2D eigenvalue weighted by Crippen LogP contribution is 2.15. The lowest BCUT2D eigenvalue weighted by Crippen LogP contribution is -2.19. The summed E-state index contributed by atoms with van der Waals surface area (Å²) in [6.45, 7) is 0. The summed E-state index contributed by atoms with van der Waals surface area (Å²) in [4.78, 5) is 12.3. The van der Waals surface area contributed by atoms with E-state index in [2.05, 4.69) is 10.4 Å². The number of benzene rings is 1. The first-order valence-electron chi connectivity index (χ1n) is 5.28. The summed E-state index contributed by atoms with van der Waals surface area (Å²) in [5.41, 5.74) is 7.30. The first-order valence-corrected chi connectivity index (χ1v) is 5.68. The van der Waals surface area contributed by atoms with Gasteiger partial charge in [0.25, 0.3) is 5.91 Å². The molecule has 1 heterocycles. The number of thiocarbonyl (C=S) groups is 1. The molecule has 0 atom stereocenters. The maximum Gasteiger partial charge on any atom is 0.273 e. The molecule has 0 bridgehead atoms. The second kappa shape index (κ2) is 4.97. The van der Waals surface area contributed by atoms with Crippen LogP contribution in [0.5, 0.6) is 0 Å². The van der Waals surface area contributed by atoms with E-state index in [-0.39, 0.29) is 10.9 Å². The van der Waals surface area contributed by atoms with E-state index in [1.165, 1.54) is 4.68 Å². The fraction of sp³-hybridized carbons (Fsp3) is 0.0833. The molecular weight excluding hydrogens is 248 g/mol. The van der Waals surface area contributed by atoms with Gasteiger partial charge in [-0.15, -0.1) is 0 Å². The molecule has 0 spiro atoms. The van der Waals surface area contributed by atoms with Gasteiger partial charge in [0.05, 0.1) is 5.69 Å². The number of para-hydroxylation sites is 1. The lowest BCUT2D eigenvalue weighted by Gasteiger charge is -2.09. The topological polar surface area (TPSA) is 72.9 Å². The molecule has 1 aromatic heterocycles. The standard InChI is InChI=1S/C12H12N4OS/c1-16-10(6-7-14-16)12(17)15-9-5-3-2-4-8(9)11(13)18/h2-7H,1H3,(H2,13,18)(H,15,17). The van der Waals surface area contributed by atoms with E-state index in [0.717, 1.165) is 0 Å². The van der Waals surface area contributed by atoms with E-state index in [4.69, 9.17) is 18.0 Å². The van der Waals surface area contributed by atoms with Gasteiger partial charge in [0.2, 0.25) is 0 Å². The second-order valence-corrected chi connectivity index (χ2v) is 4.14. The molecule has 5 nitrogen and oxygen atoms in total. The molecule has 0 fully saturated rings. The van der Waals surface area contributed by atoms with Crippen LogP contribution in [0.3, 0.4) is 0 Å². The maximum absolute atomic E-state index is 12.0. The van der Waals surface area contributed by atoms with Crippen molar-refractivity contribution in [2.75, 3.05) is 5.32 Å². The van der Waals surface area contributed by atoms with Crippen LogP contribution in [-0.2, 0) is 7.05 Å². The van der Waals surface area contributed by atoms with Crippen molar-refractivity contribution < 1.29 is 4.79 Å². The lowest BCUT2D eigenvalue weighted by atomic mass is 10.1. The van der Waals surface area contributed by atoms with Crippen molar-refractivity contribution in [1.82, 2.24) is 9.78 Å². The summed E-state index contributed by atoms with van der Waals surface area (Å²) >= 11 is 4.94. The summed E-state index contributed by atoms with van der Waals surface area (Å²) in [5.74, 6) is -0.251. The first kappa shape index (κ1) is 12.3. The Morgan fingerprint density at radius 2 is 2.11 bits per heavy atom. The Bertz CT molecular complexity index is 606. The minimum atomic E-state index is -0.251. The largest absolute Gasteiger partial charge is 0.389 e. The Hall–Kier alpha value is -2.21. The van der Waals surface area contributed by atoms with E-state index in [9.17, 15) is 4.79 Å². The minimum Gasteiger partial charge on any atom is -0.389 e. The molecule has 92 valence electrons. The second-order valence-electron chi connectivity index (χ2n) is 3.70. The normalized spacial score (nSPS) is 10.1. The number of anilines is 1. The third-order valence-corrected chi connectivity index (χ3v) is 2.71. The van der Waals surface area contributed by atoms with Gasteiger partial charge in [-0.3, -0.25) is 9.48 Å². The zero-order chi connectivity index (χ0) is 13.1. The highest BCUT2D eigenvalue weighted by molar-refractivity contribution is 7.80. The number of aryl methyl sites for hydroxylation is 1. The molecule has 1 amide bonds. The maximum atomic E-state index is 12.0. The molecule has 0 aliphatic rings. The van der Waals surface area contributed by atoms with Gasteiger partial charge in [0, 0.05) is 18.8 Å². The molecule has 0 saturated carbocycles. The third kappa shape index (κ3) is 2.38. The lowest BCUT2D eigenvalue weighted by molar-refractivity contribution is 0.101. The predicted molar refractivity (Wildman–Crippen MR) is 73.5 cm³/mol. The zero-order valence-corrected chi connectivity index (χ0v) is 10.6. The number of amides is 1. The fourth-order valence-corrected chi connectivity index (χ4v) is 1.77. The molecule has 1 aromatic carbocycles. The molecule has 0 aliphatic carbocycles. The molecule has 6 heteroatoms. The first-order chi connectivity index (χ1) is 8.59. The van der Waals surface area contributed by atoms with Crippen molar-refractivity contribution >= 4 is 28.8 Å². The zero-order valence-electron chi connectivity index (χ0n) is 9.75. The number of carbonyl (C=O) groups excluding carboxylic acids is 1. The van der Waals surface area contributed by atoms with E-state index in [1.807, 2.05) is 6.07 Å². The number of nitrogens with zero attached hydrogens (tertiary/aromatic N) is 2. The average Bonchev–Trinajstić information content (AvgIpc) is 2.76. The Balaban J connectivity index is 2.28. The number of nitrogens with two attached hydrogens (primary N) is 1. The van der Waals surface area contributed by atoms with Crippen LogP contribution in [0.4, 0.5) is 5.69 Å². The molecule has 2 rings (SSSR count). The molecule has 2 aromatic rings. The quantitative estimate of drug-likeness (QED) is 0.816. The Kier molecular flexibility index (Phi) is 3.38. The highest BCUT2D eigenvalue weighted by Gasteiger charge is 2.12. The Morgan fingerprint density at radius 1 is 1.39 bits per heavy atom. The molecule has 3 N–H and O–H groups in total. The van der Waals surface area contributed by atoms with Gasteiger partial charge in [0.1, 0.15) is 10.7 Å². The third-order valence-electron chi connectivity index (χ3n) is 2.49. The van der Waals surface area contributed by atoms with Gasteiger partial charge in [-0.05, 0) is 18.2 Å². The van der Waals surface area contributed by atoms with Crippen LogP contribution in [0.25, 0.3) is 0 Å². The van der Waals surface area contributed by atoms with Crippen molar-refractivity contribution in [3.05, 3.63) is 47.8 Å². The molecule has 0 saturated heterocycles. The van der Waals surface area contributed by atoms with Gasteiger partial charge in [-0.2, -0.15) is 5.10 Å². The Morgan fingerprint density at radius 3 is 2.72 bits per heavy atom. The summed E-state index contributed by atoms with van der Waals surface area (Å²) in [5, 5.41) is 6.71.